The molecule has 0 atom stereocenters. The van der Waals surface area contributed by atoms with E-state index in [-0.39, 0.29) is 38.6 Å². The van der Waals surface area contributed by atoms with Crippen LogP contribution in [-0.2, 0) is 10.0 Å². The van der Waals surface area contributed by atoms with E-state index >= 15 is 0 Å². The lowest BCUT2D eigenvalue weighted by molar-refractivity contribution is 0.0978. The number of ketones is 2. The largest absolute Gasteiger partial charge is 0.478 e. The molecule has 4 rings (SSSR count). The van der Waals surface area contributed by atoms with Crippen molar-refractivity contribution in [2.24, 2.45) is 0 Å². The summed E-state index contributed by atoms with van der Waals surface area (Å²) in [6.07, 6.45) is 4.08. The highest BCUT2D eigenvalue weighted by Crippen LogP contribution is 2.29. The van der Waals surface area contributed by atoms with Gasteiger partial charge in [0.15, 0.2) is 0 Å². The molecule has 2 heterocycles. The van der Waals surface area contributed by atoms with Gasteiger partial charge in [0.1, 0.15) is 16.4 Å². The SMILES string of the molecule is COc1nccnc1NS(=O)(=O)c1ccc(NC2=C(Cl)C(=O)c3ncccc3C2=O)cc1. The van der Waals surface area contributed by atoms with Crippen molar-refractivity contribution in [3.63, 3.8) is 0 Å². The summed E-state index contributed by atoms with van der Waals surface area (Å²) in [6, 6.07) is 8.50. The third kappa shape index (κ3) is 3.90. The van der Waals surface area contributed by atoms with Crippen molar-refractivity contribution in [3.8, 4) is 5.88 Å². The maximum Gasteiger partial charge on any atom is 0.263 e. The third-order valence-corrected chi connectivity index (χ3v) is 6.15. The lowest BCUT2D eigenvalue weighted by Crippen LogP contribution is -2.25. The molecule has 0 fully saturated rings. The number of ether oxygens (including phenoxy) is 1. The number of fused-ring (bicyclic) bond motifs is 1. The number of pyridine rings is 1. The molecule has 0 saturated heterocycles. The number of allylic oxidation sites excluding steroid dienone is 2. The van der Waals surface area contributed by atoms with Crippen molar-refractivity contribution >= 4 is 44.7 Å². The number of hydrogen-bond acceptors (Lipinski definition) is 9. The van der Waals surface area contributed by atoms with Crippen LogP contribution < -0.4 is 14.8 Å². The van der Waals surface area contributed by atoms with E-state index in [1.807, 2.05) is 0 Å². The molecule has 0 saturated carbocycles. The Labute approximate surface area is 187 Å². The van der Waals surface area contributed by atoms with Crippen LogP contribution in [0.2, 0.25) is 0 Å². The summed E-state index contributed by atoms with van der Waals surface area (Å²) in [4.78, 5) is 36.8. The second-order valence-corrected chi connectivity index (χ2v) is 8.48. The van der Waals surface area contributed by atoms with Gasteiger partial charge >= 0.3 is 0 Å². The van der Waals surface area contributed by atoms with Gasteiger partial charge in [-0.1, -0.05) is 11.6 Å². The van der Waals surface area contributed by atoms with E-state index in [1.165, 1.54) is 56.0 Å². The van der Waals surface area contributed by atoms with Crippen LogP contribution in [0.1, 0.15) is 20.8 Å². The molecule has 10 nitrogen and oxygen atoms in total. The van der Waals surface area contributed by atoms with Gasteiger partial charge in [-0.05, 0) is 36.4 Å². The molecule has 0 aliphatic heterocycles. The molecule has 32 heavy (non-hydrogen) atoms. The fourth-order valence-corrected chi connectivity index (χ4v) is 4.15. The molecule has 2 N–H and O–H groups in total. The summed E-state index contributed by atoms with van der Waals surface area (Å²) >= 11 is 6.10. The number of halogens is 1. The number of Topliss-reactive ketones (excluding diaryl/α,β-unsaturated/α-hetero) is 2. The normalized spacial score (nSPS) is 13.6. The highest BCUT2D eigenvalue weighted by molar-refractivity contribution is 7.92. The van der Waals surface area contributed by atoms with E-state index in [0.717, 1.165) is 0 Å². The molecule has 12 heteroatoms. The lowest BCUT2D eigenvalue weighted by Gasteiger charge is -2.18. The molecule has 162 valence electrons. The van der Waals surface area contributed by atoms with Crippen LogP contribution in [0, 0.1) is 0 Å². The summed E-state index contributed by atoms with van der Waals surface area (Å²) in [5.41, 5.74) is 0.351. The predicted molar refractivity (Wildman–Crippen MR) is 115 cm³/mol. The van der Waals surface area contributed by atoms with Crippen molar-refractivity contribution in [2.75, 3.05) is 17.1 Å². The standard InChI is InChI=1S/C20H14ClN5O5S/c1-31-20-19(23-9-10-24-20)26-32(29,30)12-6-4-11(5-7-12)25-16-14(21)18(28)15-13(17(16)27)3-2-8-22-15/h2-10,25H,1H3,(H,23,26). The molecule has 0 radical (unpaired) electrons. The monoisotopic (exact) mass is 471 g/mol. The number of aromatic nitrogens is 3. The Morgan fingerprint density at radius 2 is 1.66 bits per heavy atom. The van der Waals surface area contributed by atoms with E-state index in [9.17, 15) is 18.0 Å². The zero-order valence-electron chi connectivity index (χ0n) is 16.4. The van der Waals surface area contributed by atoms with E-state index in [2.05, 4.69) is 25.0 Å². The van der Waals surface area contributed by atoms with E-state index in [0.29, 0.717) is 5.69 Å². The van der Waals surface area contributed by atoms with Gasteiger partial charge in [0, 0.05) is 24.3 Å². The maximum atomic E-state index is 12.7. The van der Waals surface area contributed by atoms with Gasteiger partial charge in [-0.15, -0.1) is 0 Å². The molecule has 2 aromatic heterocycles. The molecule has 0 unspecified atom stereocenters. The number of nitrogens with zero attached hydrogens (tertiary/aromatic N) is 3. The summed E-state index contributed by atoms with van der Waals surface area (Å²) in [6.45, 7) is 0. The first-order chi connectivity index (χ1) is 15.3. The van der Waals surface area contributed by atoms with Crippen LogP contribution >= 0.6 is 11.6 Å². The Hall–Kier alpha value is -3.83. The summed E-state index contributed by atoms with van der Waals surface area (Å²) in [5, 5.41) is 2.49. The van der Waals surface area contributed by atoms with Gasteiger partial charge in [0.25, 0.3) is 15.9 Å². The third-order valence-electron chi connectivity index (χ3n) is 4.44. The minimum absolute atomic E-state index is 0.0139. The van der Waals surface area contributed by atoms with Crippen LogP contribution in [-0.4, -0.2) is 42.0 Å². The van der Waals surface area contributed by atoms with Crippen LogP contribution in [0.3, 0.4) is 0 Å². The van der Waals surface area contributed by atoms with Gasteiger partial charge in [0.05, 0.1) is 17.6 Å². The van der Waals surface area contributed by atoms with Crippen molar-refractivity contribution < 1.29 is 22.7 Å². The van der Waals surface area contributed by atoms with Crippen LogP contribution in [0.15, 0.2) is 70.6 Å². The number of anilines is 2. The summed E-state index contributed by atoms with van der Waals surface area (Å²) in [7, 11) is -2.65. The number of benzene rings is 1. The zero-order chi connectivity index (χ0) is 22.9. The molecule has 1 aromatic carbocycles. The molecular formula is C20H14ClN5O5S. The molecule has 1 aliphatic carbocycles. The second kappa shape index (κ2) is 8.36. The van der Waals surface area contributed by atoms with E-state index in [4.69, 9.17) is 16.3 Å². The minimum atomic E-state index is -3.99. The Kier molecular flexibility index (Phi) is 5.59. The molecule has 0 spiro atoms. The number of methoxy groups -OCH3 is 1. The van der Waals surface area contributed by atoms with Gasteiger partial charge in [0.2, 0.25) is 17.4 Å². The Morgan fingerprint density at radius 3 is 2.38 bits per heavy atom. The van der Waals surface area contributed by atoms with Gasteiger partial charge in [-0.2, -0.15) is 0 Å². The highest BCUT2D eigenvalue weighted by atomic mass is 35.5. The van der Waals surface area contributed by atoms with Gasteiger partial charge < -0.3 is 10.1 Å². The first-order valence-corrected chi connectivity index (χ1v) is 10.9. The Bertz CT molecular complexity index is 1370. The quantitative estimate of drug-likeness (QED) is 0.554. The molecule has 0 amide bonds. The Morgan fingerprint density at radius 1 is 0.938 bits per heavy atom. The highest BCUT2D eigenvalue weighted by Gasteiger charge is 2.32. The first kappa shape index (κ1) is 21.4. The fourth-order valence-electron chi connectivity index (χ4n) is 2.93. The minimum Gasteiger partial charge on any atom is -0.478 e. The fraction of sp³-hybridized carbons (Fsp3) is 0.0500. The van der Waals surface area contributed by atoms with Gasteiger partial charge in [-0.25, -0.2) is 18.4 Å². The van der Waals surface area contributed by atoms with Crippen LogP contribution in [0.5, 0.6) is 5.88 Å². The summed E-state index contributed by atoms with van der Waals surface area (Å²) < 4.78 is 32.6. The topological polar surface area (TPSA) is 140 Å². The lowest BCUT2D eigenvalue weighted by atomic mass is 9.97. The van der Waals surface area contributed by atoms with Crippen LogP contribution in [0.4, 0.5) is 11.5 Å². The van der Waals surface area contributed by atoms with Crippen molar-refractivity contribution in [1.29, 1.82) is 0 Å². The average Bonchev–Trinajstić information content (AvgIpc) is 2.81. The number of rotatable bonds is 6. The molecule has 1 aliphatic rings. The van der Waals surface area contributed by atoms with Crippen molar-refractivity contribution in [2.45, 2.75) is 4.90 Å². The predicted octanol–water partition coefficient (Wildman–Crippen LogP) is 2.62. The molecule has 0 bridgehead atoms. The van der Waals surface area contributed by atoms with E-state index in [1.54, 1.807) is 6.07 Å². The summed E-state index contributed by atoms with van der Waals surface area (Å²) in [5.74, 6) is -1.12. The maximum absolute atomic E-state index is 12.7. The van der Waals surface area contributed by atoms with Crippen molar-refractivity contribution in [1.82, 2.24) is 15.0 Å². The Balaban J connectivity index is 1.57. The van der Waals surface area contributed by atoms with Crippen LogP contribution in [0.25, 0.3) is 0 Å². The number of hydrogen-bond donors (Lipinski definition) is 2. The number of sulfonamides is 1. The molecular weight excluding hydrogens is 458 g/mol. The van der Waals surface area contributed by atoms with E-state index < -0.39 is 21.6 Å². The zero-order valence-corrected chi connectivity index (χ0v) is 17.9. The van der Waals surface area contributed by atoms with Crippen molar-refractivity contribution in [3.05, 3.63) is 77.0 Å². The number of nitrogens with one attached hydrogen (secondary N) is 2. The second-order valence-electron chi connectivity index (χ2n) is 6.42. The first-order valence-electron chi connectivity index (χ1n) is 9.01. The number of carbonyl (C=O) groups excluding carboxylic acids is 2. The average molecular weight is 472 g/mol. The molecule has 3 aromatic rings. The smallest absolute Gasteiger partial charge is 0.263 e. The number of carbonyl (C=O) groups is 2. The van der Waals surface area contributed by atoms with Gasteiger partial charge in [-0.3, -0.25) is 19.3 Å².